The van der Waals surface area contributed by atoms with Crippen LogP contribution in [0.2, 0.25) is 0 Å². The van der Waals surface area contributed by atoms with Gasteiger partial charge in [-0.2, -0.15) is 11.8 Å². The average Bonchev–Trinajstić information content (AvgIpc) is 2.06. The molecular formula is C8H14O3S. The van der Waals surface area contributed by atoms with Gasteiger partial charge in [0.05, 0.1) is 6.61 Å². The van der Waals surface area contributed by atoms with Crippen LogP contribution in [0.4, 0.5) is 0 Å². The van der Waals surface area contributed by atoms with Crippen LogP contribution < -0.4 is 0 Å². The normalized spacial score (nSPS) is 26.7. The minimum absolute atomic E-state index is 0.282. The van der Waals surface area contributed by atoms with Gasteiger partial charge in [0.1, 0.15) is 0 Å². The highest BCUT2D eigenvalue weighted by Crippen LogP contribution is 2.15. The smallest absolute Gasteiger partial charge is 0.179 e. The number of rotatable bonds is 3. The molecule has 0 saturated carbocycles. The molecule has 1 N–H and O–H groups in total. The highest BCUT2D eigenvalue weighted by Gasteiger charge is 2.18. The van der Waals surface area contributed by atoms with Crippen molar-refractivity contribution < 1.29 is 14.6 Å². The van der Waals surface area contributed by atoms with Crippen LogP contribution in [0.3, 0.4) is 0 Å². The second-order valence-electron chi connectivity index (χ2n) is 2.71. The lowest BCUT2D eigenvalue weighted by Gasteiger charge is -2.24. The van der Waals surface area contributed by atoms with Gasteiger partial charge in [-0.05, 0) is 12.5 Å². The van der Waals surface area contributed by atoms with E-state index in [1.807, 2.05) is 0 Å². The van der Waals surface area contributed by atoms with E-state index in [0.717, 1.165) is 11.5 Å². The molecule has 1 heterocycles. The van der Waals surface area contributed by atoms with Gasteiger partial charge in [-0.1, -0.05) is 6.58 Å². The molecule has 4 heteroatoms. The number of hydrogen-bond donors (Lipinski definition) is 1. The molecule has 70 valence electrons. The first-order valence-electron chi connectivity index (χ1n) is 3.88. The van der Waals surface area contributed by atoms with E-state index in [1.54, 1.807) is 18.7 Å². The van der Waals surface area contributed by atoms with Crippen LogP contribution in [0.25, 0.3) is 0 Å². The Morgan fingerprint density at radius 1 is 1.83 bits per heavy atom. The molecule has 0 aromatic heterocycles. The highest BCUT2D eigenvalue weighted by molar-refractivity contribution is 7.99. The van der Waals surface area contributed by atoms with E-state index in [-0.39, 0.29) is 6.29 Å². The zero-order chi connectivity index (χ0) is 8.97. The topological polar surface area (TPSA) is 38.7 Å². The van der Waals surface area contributed by atoms with Gasteiger partial charge >= 0.3 is 0 Å². The molecule has 3 nitrogen and oxygen atoms in total. The third kappa shape index (κ3) is 3.15. The first-order valence-corrected chi connectivity index (χ1v) is 5.04. The number of thioether (sulfide) groups is 1. The second kappa shape index (κ2) is 4.87. The van der Waals surface area contributed by atoms with Crippen molar-refractivity contribution in [3.05, 3.63) is 12.2 Å². The Morgan fingerprint density at radius 2 is 2.58 bits per heavy atom. The zero-order valence-corrected chi connectivity index (χ0v) is 7.97. The maximum absolute atomic E-state index is 9.27. The van der Waals surface area contributed by atoms with Crippen molar-refractivity contribution in [1.29, 1.82) is 0 Å². The summed E-state index contributed by atoms with van der Waals surface area (Å²) in [5.74, 6) is 1.79. The lowest BCUT2D eigenvalue weighted by Crippen LogP contribution is -2.30. The van der Waals surface area contributed by atoms with E-state index in [9.17, 15) is 5.11 Å². The van der Waals surface area contributed by atoms with Gasteiger partial charge in [-0.15, -0.1) is 0 Å². The SMILES string of the molecule is C=C(C)C(O)OC1CSCCO1. The predicted molar refractivity (Wildman–Crippen MR) is 49.0 cm³/mol. The summed E-state index contributed by atoms with van der Waals surface area (Å²) in [4.78, 5) is 0. The Morgan fingerprint density at radius 3 is 3.08 bits per heavy atom. The minimum Gasteiger partial charge on any atom is -0.364 e. The van der Waals surface area contributed by atoms with Crippen molar-refractivity contribution in [2.45, 2.75) is 19.5 Å². The Kier molecular flexibility index (Phi) is 4.08. The Hall–Kier alpha value is -0.0300. The first kappa shape index (κ1) is 10.1. The lowest BCUT2D eigenvalue weighted by atomic mass is 10.3. The van der Waals surface area contributed by atoms with Crippen molar-refractivity contribution in [1.82, 2.24) is 0 Å². The van der Waals surface area contributed by atoms with Crippen molar-refractivity contribution >= 4 is 11.8 Å². The van der Waals surface area contributed by atoms with E-state index >= 15 is 0 Å². The average molecular weight is 190 g/mol. The third-order valence-electron chi connectivity index (χ3n) is 1.49. The van der Waals surface area contributed by atoms with Crippen LogP contribution >= 0.6 is 11.8 Å². The summed E-state index contributed by atoms with van der Waals surface area (Å²) in [6.07, 6.45) is -1.18. The van der Waals surface area contributed by atoms with Crippen molar-refractivity contribution in [3.8, 4) is 0 Å². The third-order valence-corrected chi connectivity index (χ3v) is 2.45. The van der Waals surface area contributed by atoms with Crippen molar-refractivity contribution in [2.75, 3.05) is 18.1 Å². The van der Waals surface area contributed by atoms with Gasteiger partial charge in [-0.25, -0.2) is 0 Å². The number of hydrogen-bond acceptors (Lipinski definition) is 4. The maximum Gasteiger partial charge on any atom is 0.179 e. The second-order valence-corrected chi connectivity index (χ2v) is 3.86. The largest absolute Gasteiger partial charge is 0.364 e. The Labute approximate surface area is 76.7 Å². The molecule has 1 aliphatic rings. The standard InChI is InChI=1S/C8H14O3S/c1-6(2)8(9)11-7-5-12-4-3-10-7/h7-9H,1,3-5H2,2H3. The van der Waals surface area contributed by atoms with Gasteiger partial charge in [0, 0.05) is 11.5 Å². The molecule has 0 spiro atoms. The summed E-state index contributed by atoms with van der Waals surface area (Å²) in [5, 5.41) is 9.27. The molecule has 0 bridgehead atoms. The number of ether oxygens (including phenoxy) is 2. The highest BCUT2D eigenvalue weighted by atomic mass is 32.2. The minimum atomic E-state index is -0.895. The molecule has 12 heavy (non-hydrogen) atoms. The Balaban J connectivity index is 2.24. The summed E-state index contributed by atoms with van der Waals surface area (Å²) in [5.41, 5.74) is 0.606. The fourth-order valence-corrected chi connectivity index (χ4v) is 1.55. The van der Waals surface area contributed by atoms with Gasteiger partial charge in [-0.3, -0.25) is 0 Å². The number of aliphatic hydroxyl groups excluding tert-OH is 1. The summed E-state index contributed by atoms with van der Waals surface area (Å²) in [7, 11) is 0. The molecule has 2 atom stereocenters. The molecule has 1 aliphatic heterocycles. The number of aliphatic hydroxyl groups is 1. The molecule has 0 aromatic carbocycles. The van der Waals surface area contributed by atoms with Crippen molar-refractivity contribution in [3.63, 3.8) is 0 Å². The van der Waals surface area contributed by atoms with Crippen LogP contribution in [0.5, 0.6) is 0 Å². The monoisotopic (exact) mass is 190 g/mol. The van der Waals surface area contributed by atoms with Gasteiger partial charge in [0.2, 0.25) is 0 Å². The van der Waals surface area contributed by atoms with Crippen LogP contribution in [0, 0.1) is 0 Å². The molecule has 1 saturated heterocycles. The summed E-state index contributed by atoms with van der Waals surface area (Å²) in [6, 6.07) is 0. The van der Waals surface area contributed by atoms with Gasteiger partial charge in [0.15, 0.2) is 12.6 Å². The molecule has 2 unspecified atom stereocenters. The summed E-state index contributed by atoms with van der Waals surface area (Å²) >= 11 is 1.77. The predicted octanol–water partition coefficient (Wildman–Crippen LogP) is 0.987. The zero-order valence-electron chi connectivity index (χ0n) is 7.16. The van der Waals surface area contributed by atoms with E-state index in [4.69, 9.17) is 9.47 Å². The molecule has 1 fully saturated rings. The Bertz CT molecular complexity index is 154. The quantitative estimate of drug-likeness (QED) is 0.532. The van der Waals surface area contributed by atoms with Gasteiger partial charge in [0.25, 0.3) is 0 Å². The molecule has 0 amide bonds. The summed E-state index contributed by atoms with van der Waals surface area (Å²) in [6.45, 7) is 6.00. The maximum atomic E-state index is 9.27. The first-order chi connectivity index (χ1) is 5.70. The van der Waals surface area contributed by atoms with Crippen LogP contribution in [-0.2, 0) is 9.47 Å². The molecule has 1 rings (SSSR count). The fraction of sp³-hybridized carbons (Fsp3) is 0.750. The summed E-state index contributed by atoms with van der Waals surface area (Å²) < 4.78 is 10.4. The molecular weight excluding hydrogens is 176 g/mol. The van der Waals surface area contributed by atoms with E-state index in [1.165, 1.54) is 0 Å². The van der Waals surface area contributed by atoms with Gasteiger partial charge < -0.3 is 14.6 Å². The van der Waals surface area contributed by atoms with E-state index in [2.05, 4.69) is 6.58 Å². The van der Waals surface area contributed by atoms with E-state index < -0.39 is 6.29 Å². The molecule has 0 aliphatic carbocycles. The fourth-order valence-electron chi connectivity index (χ4n) is 0.805. The van der Waals surface area contributed by atoms with Crippen LogP contribution in [-0.4, -0.2) is 35.8 Å². The van der Waals surface area contributed by atoms with Crippen LogP contribution in [0.1, 0.15) is 6.92 Å². The van der Waals surface area contributed by atoms with E-state index in [0.29, 0.717) is 12.2 Å². The lowest BCUT2D eigenvalue weighted by molar-refractivity contribution is -0.203. The van der Waals surface area contributed by atoms with Crippen molar-refractivity contribution in [2.24, 2.45) is 0 Å². The van der Waals surface area contributed by atoms with Crippen LogP contribution in [0.15, 0.2) is 12.2 Å². The molecule has 0 aromatic rings. The molecule has 0 radical (unpaired) electrons.